The van der Waals surface area contributed by atoms with Gasteiger partial charge in [0.25, 0.3) is 0 Å². The molecule has 0 saturated heterocycles. The lowest BCUT2D eigenvalue weighted by molar-refractivity contribution is -0.152. The Kier molecular flexibility index (Phi) is 6.73. The fraction of sp³-hybridized carbons (Fsp3) is 0.318. The van der Waals surface area contributed by atoms with Crippen LogP contribution in [0.3, 0.4) is 0 Å². The van der Waals surface area contributed by atoms with Crippen molar-refractivity contribution < 1.29 is 19.7 Å². The molecule has 2 aromatic carbocycles. The number of carbonyl (C=O) groups is 1. The smallest absolute Gasteiger partial charge is 0.347 e. The summed E-state index contributed by atoms with van der Waals surface area (Å²) in [5.41, 5.74) is 2.16. The van der Waals surface area contributed by atoms with Gasteiger partial charge in [0.05, 0.1) is 6.10 Å². The van der Waals surface area contributed by atoms with E-state index < -0.39 is 17.7 Å². The largest absolute Gasteiger partial charge is 0.478 e. The number of hydrogen-bond acceptors (Lipinski definition) is 4. The number of aliphatic hydroxyl groups excluding tert-OH is 1. The highest BCUT2D eigenvalue weighted by Crippen LogP contribution is 2.29. The lowest BCUT2D eigenvalue weighted by Crippen LogP contribution is -2.38. The molecule has 144 valence electrons. The van der Waals surface area contributed by atoms with E-state index in [4.69, 9.17) is 4.74 Å². The summed E-state index contributed by atoms with van der Waals surface area (Å²) in [6.45, 7) is 6.83. The number of ether oxygens (including phenoxy) is 1. The molecule has 4 nitrogen and oxygen atoms in total. The predicted octanol–water partition coefficient (Wildman–Crippen LogP) is 5.01. The Labute approximate surface area is 164 Å². The van der Waals surface area contributed by atoms with E-state index in [-0.39, 0.29) is 0 Å². The summed E-state index contributed by atoms with van der Waals surface area (Å²) >= 11 is 1.66. The van der Waals surface area contributed by atoms with Gasteiger partial charge in [-0.15, -0.1) is 11.8 Å². The Hall–Kier alpha value is -2.24. The zero-order valence-corrected chi connectivity index (χ0v) is 17.1. The maximum Gasteiger partial charge on any atom is 0.347 e. The van der Waals surface area contributed by atoms with Crippen molar-refractivity contribution >= 4 is 23.8 Å². The lowest BCUT2D eigenvalue weighted by Gasteiger charge is -2.24. The summed E-state index contributed by atoms with van der Waals surface area (Å²) in [7, 11) is 0. The van der Waals surface area contributed by atoms with Crippen LogP contribution in [0.2, 0.25) is 0 Å². The van der Waals surface area contributed by atoms with Gasteiger partial charge in [0, 0.05) is 4.90 Å². The lowest BCUT2D eigenvalue weighted by atomic mass is 10.0. The molecule has 0 aliphatic rings. The highest BCUT2D eigenvalue weighted by Gasteiger charge is 2.30. The van der Waals surface area contributed by atoms with Crippen LogP contribution in [0.4, 0.5) is 0 Å². The maximum atomic E-state index is 11.3. The average Bonchev–Trinajstić information content (AvgIpc) is 2.62. The van der Waals surface area contributed by atoms with E-state index in [0.717, 1.165) is 27.1 Å². The van der Waals surface area contributed by atoms with Crippen molar-refractivity contribution in [1.82, 2.24) is 0 Å². The van der Waals surface area contributed by atoms with E-state index in [1.54, 1.807) is 17.8 Å². The van der Waals surface area contributed by atoms with Gasteiger partial charge >= 0.3 is 5.97 Å². The summed E-state index contributed by atoms with van der Waals surface area (Å²) < 4.78 is 5.72. The van der Waals surface area contributed by atoms with Crippen LogP contribution in [0, 0.1) is 13.8 Å². The molecule has 27 heavy (non-hydrogen) atoms. The summed E-state index contributed by atoms with van der Waals surface area (Å²) in [5, 5.41) is 19.6. The Balaban J connectivity index is 2.19. The highest BCUT2D eigenvalue weighted by molar-refractivity contribution is 7.98. The number of carboxylic acids is 1. The molecule has 0 aliphatic carbocycles. The molecule has 2 rings (SSSR count). The molecule has 0 heterocycles. The molecule has 0 spiro atoms. The minimum atomic E-state index is -1.30. The topological polar surface area (TPSA) is 66.8 Å². The van der Waals surface area contributed by atoms with Gasteiger partial charge in [-0.05, 0) is 80.5 Å². The van der Waals surface area contributed by atoms with Crippen LogP contribution in [-0.2, 0) is 4.79 Å². The normalized spacial score (nSPS) is 13.0. The van der Waals surface area contributed by atoms with Gasteiger partial charge in [0.1, 0.15) is 5.75 Å². The molecular formula is C22H26O4S. The average molecular weight is 387 g/mol. The summed E-state index contributed by atoms with van der Waals surface area (Å²) in [4.78, 5) is 12.5. The van der Waals surface area contributed by atoms with E-state index in [0.29, 0.717) is 5.75 Å². The van der Waals surface area contributed by atoms with Crippen LogP contribution < -0.4 is 4.74 Å². The SMILES string of the molecule is CSc1ccc(C(O)C=Cc2cc(C)c(OC(C)(C)C(=O)O)c(C)c2)cc1. The standard InChI is InChI=1S/C22H26O4S/c1-14-12-16(13-15(2)20(14)26-22(3,4)21(24)25)6-11-19(23)17-7-9-18(27-5)10-8-17/h6-13,19,23H,1-5H3,(H,24,25). The van der Waals surface area contributed by atoms with Crippen molar-refractivity contribution in [3.8, 4) is 5.75 Å². The molecule has 0 fully saturated rings. The zero-order chi connectivity index (χ0) is 20.2. The fourth-order valence-electron chi connectivity index (χ4n) is 2.65. The van der Waals surface area contributed by atoms with Gasteiger partial charge in [-0.25, -0.2) is 4.79 Å². The summed E-state index contributed by atoms with van der Waals surface area (Å²) in [6, 6.07) is 11.6. The van der Waals surface area contributed by atoms with Crippen LogP contribution in [0.1, 0.15) is 42.2 Å². The first-order valence-corrected chi connectivity index (χ1v) is 9.90. The van der Waals surface area contributed by atoms with E-state index in [1.165, 1.54) is 13.8 Å². The van der Waals surface area contributed by atoms with E-state index >= 15 is 0 Å². The molecule has 2 N–H and O–H groups in total. The van der Waals surface area contributed by atoms with Gasteiger partial charge in [0.2, 0.25) is 0 Å². The summed E-state index contributed by atoms with van der Waals surface area (Å²) in [5.74, 6) is -0.436. The third kappa shape index (κ3) is 5.37. The second-order valence-electron chi connectivity index (χ2n) is 6.98. The van der Waals surface area contributed by atoms with Crippen LogP contribution in [0.15, 0.2) is 47.4 Å². The fourth-order valence-corrected chi connectivity index (χ4v) is 3.06. The van der Waals surface area contributed by atoms with Gasteiger partial charge < -0.3 is 14.9 Å². The molecule has 2 aromatic rings. The highest BCUT2D eigenvalue weighted by atomic mass is 32.2. The number of benzene rings is 2. The molecule has 5 heteroatoms. The van der Waals surface area contributed by atoms with Gasteiger partial charge in [-0.1, -0.05) is 24.3 Å². The van der Waals surface area contributed by atoms with Crippen LogP contribution in [0.5, 0.6) is 5.75 Å². The quantitative estimate of drug-likeness (QED) is 0.655. The van der Waals surface area contributed by atoms with Crippen molar-refractivity contribution in [3.05, 3.63) is 64.7 Å². The number of hydrogen-bond donors (Lipinski definition) is 2. The minimum Gasteiger partial charge on any atom is -0.478 e. The Bertz CT molecular complexity index is 815. The number of carboxylic acid groups (broad SMARTS) is 1. The van der Waals surface area contributed by atoms with Gasteiger partial charge in [-0.2, -0.15) is 0 Å². The van der Waals surface area contributed by atoms with E-state index in [9.17, 15) is 15.0 Å². The third-order valence-corrected chi connectivity index (χ3v) is 5.03. The van der Waals surface area contributed by atoms with Crippen LogP contribution in [0.25, 0.3) is 6.08 Å². The first kappa shape index (κ1) is 21.1. The molecule has 0 saturated carbocycles. The number of aliphatic carboxylic acids is 1. The number of thioether (sulfide) groups is 1. The van der Waals surface area contributed by atoms with E-state index in [2.05, 4.69) is 0 Å². The van der Waals surface area contributed by atoms with Gasteiger partial charge in [-0.3, -0.25) is 0 Å². The van der Waals surface area contributed by atoms with Crippen molar-refractivity contribution in [2.75, 3.05) is 6.26 Å². The summed E-state index contributed by atoms with van der Waals surface area (Å²) in [6.07, 6.45) is 4.92. The van der Waals surface area contributed by atoms with Crippen molar-refractivity contribution in [2.45, 2.75) is 44.3 Å². The third-order valence-electron chi connectivity index (χ3n) is 4.28. The Morgan fingerprint density at radius 3 is 2.19 bits per heavy atom. The first-order valence-electron chi connectivity index (χ1n) is 8.68. The molecule has 0 bridgehead atoms. The Morgan fingerprint density at radius 2 is 1.70 bits per heavy atom. The molecule has 0 aliphatic heterocycles. The Morgan fingerprint density at radius 1 is 1.15 bits per heavy atom. The number of rotatable bonds is 7. The molecular weight excluding hydrogens is 360 g/mol. The van der Waals surface area contributed by atoms with Crippen molar-refractivity contribution in [3.63, 3.8) is 0 Å². The molecule has 1 atom stereocenters. The predicted molar refractivity (Wildman–Crippen MR) is 110 cm³/mol. The zero-order valence-electron chi connectivity index (χ0n) is 16.3. The van der Waals surface area contributed by atoms with Crippen molar-refractivity contribution in [1.29, 1.82) is 0 Å². The monoisotopic (exact) mass is 386 g/mol. The number of aryl methyl sites for hydroxylation is 2. The maximum absolute atomic E-state index is 11.3. The van der Waals surface area contributed by atoms with Gasteiger partial charge in [0.15, 0.2) is 5.60 Å². The van der Waals surface area contributed by atoms with E-state index in [1.807, 2.05) is 62.6 Å². The second kappa shape index (κ2) is 8.63. The number of aliphatic hydroxyl groups is 1. The van der Waals surface area contributed by atoms with Crippen LogP contribution in [-0.4, -0.2) is 28.0 Å². The van der Waals surface area contributed by atoms with Crippen molar-refractivity contribution in [2.24, 2.45) is 0 Å². The minimum absolute atomic E-state index is 0.577. The molecule has 0 radical (unpaired) electrons. The van der Waals surface area contributed by atoms with Crippen LogP contribution >= 0.6 is 11.8 Å². The first-order chi connectivity index (χ1) is 12.6. The molecule has 0 aromatic heterocycles. The molecule has 0 amide bonds. The second-order valence-corrected chi connectivity index (χ2v) is 7.86. The molecule has 1 unspecified atom stereocenters.